The molecule has 0 saturated carbocycles. The quantitative estimate of drug-likeness (QED) is 0.843. The Balaban J connectivity index is 3.42. The molecule has 0 fully saturated rings. The van der Waals surface area contributed by atoms with Crippen LogP contribution in [0.15, 0.2) is 12.1 Å². The Kier molecular flexibility index (Phi) is 3.63. The third-order valence-corrected chi connectivity index (χ3v) is 2.58. The van der Waals surface area contributed by atoms with E-state index in [1.54, 1.807) is 7.11 Å². The van der Waals surface area contributed by atoms with Gasteiger partial charge in [-0.1, -0.05) is 32.4 Å². The van der Waals surface area contributed by atoms with Crippen molar-refractivity contribution in [3.8, 4) is 5.75 Å². The second-order valence-corrected chi connectivity index (χ2v) is 5.04. The lowest BCUT2D eigenvalue weighted by Crippen LogP contribution is -2.15. The van der Waals surface area contributed by atoms with Gasteiger partial charge in [0.2, 0.25) is 0 Å². The topological polar surface area (TPSA) is 35.2 Å². The molecule has 2 N–H and O–H groups in total. The van der Waals surface area contributed by atoms with Crippen LogP contribution < -0.4 is 10.5 Å². The summed E-state index contributed by atoms with van der Waals surface area (Å²) >= 11 is 6.05. The molecule has 1 rings (SSSR count). The standard InChI is InChI=1S/C12H18ClNO/c1-12(2,3)10-6-9(13)5-8(7-14)11(10)15-4/h5-6H,7,14H2,1-4H3. The predicted molar refractivity (Wildman–Crippen MR) is 64.6 cm³/mol. The Morgan fingerprint density at radius 3 is 2.33 bits per heavy atom. The van der Waals surface area contributed by atoms with Crippen LogP contribution in [0, 0.1) is 0 Å². The molecule has 0 aliphatic carbocycles. The van der Waals surface area contributed by atoms with Gasteiger partial charge in [0.1, 0.15) is 5.75 Å². The van der Waals surface area contributed by atoms with Crippen LogP contribution in [0.3, 0.4) is 0 Å². The summed E-state index contributed by atoms with van der Waals surface area (Å²) in [6, 6.07) is 3.80. The van der Waals surface area contributed by atoms with E-state index in [4.69, 9.17) is 22.1 Å². The maximum absolute atomic E-state index is 6.05. The van der Waals surface area contributed by atoms with Gasteiger partial charge in [-0.2, -0.15) is 0 Å². The molecular weight excluding hydrogens is 210 g/mol. The van der Waals surface area contributed by atoms with Crippen LogP contribution in [0.4, 0.5) is 0 Å². The Labute approximate surface area is 96.4 Å². The molecule has 1 aromatic rings. The first-order valence-corrected chi connectivity index (χ1v) is 5.35. The summed E-state index contributed by atoms with van der Waals surface area (Å²) in [6.45, 7) is 6.82. The fourth-order valence-electron chi connectivity index (χ4n) is 1.60. The molecule has 0 radical (unpaired) electrons. The van der Waals surface area contributed by atoms with Crippen LogP contribution >= 0.6 is 11.6 Å². The first-order valence-electron chi connectivity index (χ1n) is 4.97. The maximum atomic E-state index is 6.05. The van der Waals surface area contributed by atoms with Crippen molar-refractivity contribution >= 4 is 11.6 Å². The normalized spacial score (nSPS) is 11.6. The molecule has 0 aliphatic heterocycles. The zero-order valence-corrected chi connectivity index (χ0v) is 10.5. The maximum Gasteiger partial charge on any atom is 0.127 e. The van der Waals surface area contributed by atoms with Gasteiger partial charge in [0.05, 0.1) is 7.11 Å². The number of nitrogens with two attached hydrogens (primary N) is 1. The minimum Gasteiger partial charge on any atom is -0.496 e. The van der Waals surface area contributed by atoms with Crippen molar-refractivity contribution in [2.24, 2.45) is 5.73 Å². The molecule has 0 aromatic heterocycles. The Morgan fingerprint density at radius 1 is 1.33 bits per heavy atom. The summed E-state index contributed by atoms with van der Waals surface area (Å²) in [5.41, 5.74) is 7.72. The Bertz CT molecular complexity index is 355. The van der Waals surface area contributed by atoms with E-state index in [0.29, 0.717) is 11.6 Å². The lowest BCUT2D eigenvalue weighted by atomic mass is 9.85. The molecule has 84 valence electrons. The molecule has 0 aliphatic rings. The molecule has 3 heteroatoms. The van der Waals surface area contributed by atoms with E-state index >= 15 is 0 Å². The highest BCUT2D eigenvalue weighted by Crippen LogP contribution is 2.36. The monoisotopic (exact) mass is 227 g/mol. The summed E-state index contributed by atoms with van der Waals surface area (Å²) in [5.74, 6) is 0.856. The van der Waals surface area contributed by atoms with Gasteiger partial charge in [0.15, 0.2) is 0 Å². The van der Waals surface area contributed by atoms with Crippen LogP contribution in [0.2, 0.25) is 5.02 Å². The third-order valence-electron chi connectivity index (χ3n) is 2.36. The lowest BCUT2D eigenvalue weighted by Gasteiger charge is -2.24. The minimum absolute atomic E-state index is 0.000162. The molecule has 0 spiro atoms. The fraction of sp³-hybridized carbons (Fsp3) is 0.500. The highest BCUT2D eigenvalue weighted by molar-refractivity contribution is 6.30. The van der Waals surface area contributed by atoms with Gasteiger partial charge in [-0.3, -0.25) is 0 Å². The number of hydrogen-bond donors (Lipinski definition) is 1. The van der Waals surface area contributed by atoms with Crippen LogP contribution in [-0.4, -0.2) is 7.11 Å². The van der Waals surface area contributed by atoms with E-state index in [-0.39, 0.29) is 5.41 Å². The van der Waals surface area contributed by atoms with Crippen LogP contribution in [-0.2, 0) is 12.0 Å². The third kappa shape index (κ3) is 2.64. The van der Waals surface area contributed by atoms with Gasteiger partial charge in [-0.05, 0) is 17.5 Å². The van der Waals surface area contributed by atoms with E-state index in [9.17, 15) is 0 Å². The summed E-state index contributed by atoms with van der Waals surface area (Å²) in [6.07, 6.45) is 0. The van der Waals surface area contributed by atoms with Gasteiger partial charge < -0.3 is 10.5 Å². The largest absolute Gasteiger partial charge is 0.496 e. The fourth-order valence-corrected chi connectivity index (χ4v) is 1.84. The van der Waals surface area contributed by atoms with Gasteiger partial charge in [-0.25, -0.2) is 0 Å². The van der Waals surface area contributed by atoms with E-state index in [2.05, 4.69) is 20.8 Å². The van der Waals surface area contributed by atoms with Crippen molar-refractivity contribution in [1.82, 2.24) is 0 Å². The smallest absolute Gasteiger partial charge is 0.127 e. The van der Waals surface area contributed by atoms with Gasteiger partial charge >= 0.3 is 0 Å². The number of halogens is 1. The van der Waals surface area contributed by atoms with Crippen LogP contribution in [0.25, 0.3) is 0 Å². The zero-order chi connectivity index (χ0) is 11.6. The van der Waals surface area contributed by atoms with Gasteiger partial charge in [-0.15, -0.1) is 0 Å². The Morgan fingerprint density at radius 2 is 1.93 bits per heavy atom. The Hall–Kier alpha value is -0.730. The molecule has 0 bridgehead atoms. The molecule has 0 heterocycles. The predicted octanol–water partition coefficient (Wildman–Crippen LogP) is 3.10. The van der Waals surface area contributed by atoms with Crippen molar-refractivity contribution in [3.63, 3.8) is 0 Å². The van der Waals surface area contributed by atoms with Crippen molar-refractivity contribution in [2.45, 2.75) is 32.7 Å². The van der Waals surface area contributed by atoms with E-state index < -0.39 is 0 Å². The molecular formula is C12H18ClNO. The zero-order valence-electron chi connectivity index (χ0n) is 9.73. The van der Waals surface area contributed by atoms with E-state index in [0.717, 1.165) is 16.9 Å². The number of hydrogen-bond acceptors (Lipinski definition) is 2. The van der Waals surface area contributed by atoms with Crippen LogP contribution in [0.1, 0.15) is 31.9 Å². The summed E-state index contributed by atoms with van der Waals surface area (Å²) in [4.78, 5) is 0. The van der Waals surface area contributed by atoms with Crippen molar-refractivity contribution < 1.29 is 4.74 Å². The summed E-state index contributed by atoms with van der Waals surface area (Å²) in [5, 5.41) is 0.709. The molecule has 1 aromatic carbocycles. The second kappa shape index (κ2) is 4.42. The SMILES string of the molecule is COc1c(CN)cc(Cl)cc1C(C)(C)C. The van der Waals surface area contributed by atoms with Gasteiger partial charge in [0, 0.05) is 22.7 Å². The molecule has 0 saturated heterocycles. The van der Waals surface area contributed by atoms with Crippen molar-refractivity contribution in [3.05, 3.63) is 28.3 Å². The number of methoxy groups -OCH3 is 1. The summed E-state index contributed by atoms with van der Waals surface area (Å²) in [7, 11) is 1.66. The lowest BCUT2D eigenvalue weighted by molar-refractivity contribution is 0.392. The molecule has 15 heavy (non-hydrogen) atoms. The highest BCUT2D eigenvalue weighted by Gasteiger charge is 2.21. The molecule has 0 unspecified atom stereocenters. The number of rotatable bonds is 2. The first kappa shape index (κ1) is 12.3. The summed E-state index contributed by atoms with van der Waals surface area (Å²) < 4.78 is 5.41. The van der Waals surface area contributed by atoms with E-state index in [1.165, 1.54) is 0 Å². The average Bonchev–Trinajstić information content (AvgIpc) is 2.15. The minimum atomic E-state index is 0.000162. The molecule has 0 amide bonds. The van der Waals surface area contributed by atoms with Gasteiger partial charge in [0.25, 0.3) is 0 Å². The van der Waals surface area contributed by atoms with E-state index in [1.807, 2.05) is 12.1 Å². The van der Waals surface area contributed by atoms with Crippen LogP contribution in [0.5, 0.6) is 5.75 Å². The van der Waals surface area contributed by atoms with Crippen molar-refractivity contribution in [1.29, 1.82) is 0 Å². The molecule has 2 nitrogen and oxygen atoms in total. The first-order chi connectivity index (χ1) is 6.90. The average molecular weight is 228 g/mol. The second-order valence-electron chi connectivity index (χ2n) is 4.60. The van der Waals surface area contributed by atoms with Crippen molar-refractivity contribution in [2.75, 3.05) is 7.11 Å². The number of ether oxygens (including phenoxy) is 1. The number of benzene rings is 1. The highest BCUT2D eigenvalue weighted by atomic mass is 35.5. The molecule has 0 atom stereocenters.